The fourth-order valence-electron chi connectivity index (χ4n) is 1.83. The zero-order valence-corrected chi connectivity index (χ0v) is 13.5. The van der Waals surface area contributed by atoms with Gasteiger partial charge in [0.05, 0.1) is 0 Å². The van der Waals surface area contributed by atoms with E-state index in [0.717, 1.165) is 0 Å². The van der Waals surface area contributed by atoms with Crippen molar-refractivity contribution >= 4 is 40.0 Å². The van der Waals surface area contributed by atoms with Crippen LogP contribution in [0, 0.1) is 3.57 Å². The number of anilines is 1. The molecule has 0 aliphatic rings. The summed E-state index contributed by atoms with van der Waals surface area (Å²) in [6.45, 7) is 2.19. The fraction of sp³-hybridized carbons (Fsp3) is 0.200. The van der Waals surface area contributed by atoms with E-state index in [1.165, 1.54) is 19.7 Å². The summed E-state index contributed by atoms with van der Waals surface area (Å²) < 4.78 is 1.27. The molecule has 1 atom stereocenters. The molecule has 0 saturated carbocycles. The Hall–Kier alpha value is -0.680. The Balaban J connectivity index is 2.15. The Morgan fingerprint density at radius 3 is 2.39 bits per heavy atom. The van der Waals surface area contributed by atoms with Crippen LogP contribution < -0.4 is 5.32 Å². The van der Waals surface area contributed by atoms with Gasteiger partial charge in [0.15, 0.2) is 0 Å². The second kappa shape index (κ2) is 6.48. The van der Waals surface area contributed by atoms with Gasteiger partial charge in [0.25, 0.3) is 0 Å². The van der Waals surface area contributed by atoms with Crippen LogP contribution in [0.5, 0.6) is 0 Å². The van der Waals surface area contributed by atoms with Gasteiger partial charge < -0.3 is 5.32 Å². The Labute approximate surface area is 127 Å². The lowest BCUT2D eigenvalue weighted by Gasteiger charge is -2.17. The van der Waals surface area contributed by atoms with E-state index in [9.17, 15) is 0 Å². The molecule has 0 aliphatic carbocycles. The van der Waals surface area contributed by atoms with Gasteiger partial charge in [0, 0.05) is 20.2 Å². The van der Waals surface area contributed by atoms with Crippen LogP contribution in [0.3, 0.4) is 0 Å². The molecule has 0 spiro atoms. The van der Waals surface area contributed by atoms with Crippen molar-refractivity contribution in [1.82, 2.24) is 0 Å². The predicted molar refractivity (Wildman–Crippen MR) is 89.4 cm³/mol. The molecule has 2 aromatic carbocycles. The maximum atomic E-state index is 3.57. The highest BCUT2D eigenvalue weighted by Crippen LogP contribution is 2.28. The zero-order chi connectivity index (χ0) is 13.0. The number of hydrogen-bond donors (Lipinski definition) is 1. The highest BCUT2D eigenvalue weighted by molar-refractivity contribution is 14.1. The summed E-state index contributed by atoms with van der Waals surface area (Å²) in [6.07, 6.45) is 2.11. The summed E-state index contributed by atoms with van der Waals surface area (Å²) in [5.74, 6) is 0. The first kappa shape index (κ1) is 13.7. The molecule has 0 saturated heterocycles. The number of nitrogens with one attached hydrogen (secondary N) is 1. The van der Waals surface area contributed by atoms with Gasteiger partial charge in [-0.2, -0.15) is 0 Å². The summed E-state index contributed by atoms with van der Waals surface area (Å²) in [5.41, 5.74) is 2.52. The number of rotatable bonds is 4. The van der Waals surface area contributed by atoms with Gasteiger partial charge >= 0.3 is 0 Å². The molecule has 1 unspecified atom stereocenters. The largest absolute Gasteiger partial charge is 0.378 e. The summed E-state index contributed by atoms with van der Waals surface area (Å²) >= 11 is 4.10. The molecule has 0 aliphatic heterocycles. The quantitative estimate of drug-likeness (QED) is 0.588. The van der Waals surface area contributed by atoms with Gasteiger partial charge in [-0.3, -0.25) is 0 Å². The summed E-state index contributed by atoms with van der Waals surface area (Å²) in [5, 5.41) is 3.57. The molecular formula is C15H16INS. The molecule has 0 aromatic heterocycles. The third-order valence-corrected chi connectivity index (χ3v) is 4.36. The molecule has 0 amide bonds. The lowest BCUT2D eigenvalue weighted by atomic mass is 10.1. The topological polar surface area (TPSA) is 12.0 Å². The van der Waals surface area contributed by atoms with E-state index < -0.39 is 0 Å². The first-order valence-corrected chi connectivity index (χ1v) is 8.16. The average Bonchev–Trinajstić information content (AvgIpc) is 2.40. The van der Waals surface area contributed by atoms with Crippen molar-refractivity contribution < 1.29 is 0 Å². The van der Waals surface area contributed by atoms with Gasteiger partial charge in [0.1, 0.15) is 0 Å². The average molecular weight is 369 g/mol. The molecule has 3 heteroatoms. The maximum Gasteiger partial charge on any atom is 0.0486 e. The van der Waals surface area contributed by atoms with Crippen molar-refractivity contribution in [2.24, 2.45) is 0 Å². The van der Waals surface area contributed by atoms with E-state index >= 15 is 0 Å². The number of halogens is 1. The molecule has 2 aromatic rings. The SMILES string of the molecule is CSc1ccccc1NC(C)c1ccc(I)cc1. The minimum Gasteiger partial charge on any atom is -0.378 e. The molecule has 0 fully saturated rings. The second-order valence-corrected chi connectivity index (χ2v) is 6.21. The number of benzene rings is 2. The van der Waals surface area contributed by atoms with Crippen molar-refractivity contribution in [3.05, 3.63) is 57.7 Å². The van der Waals surface area contributed by atoms with Gasteiger partial charge in [-0.25, -0.2) is 0 Å². The lowest BCUT2D eigenvalue weighted by Crippen LogP contribution is -2.07. The van der Waals surface area contributed by atoms with Gasteiger partial charge in [0.2, 0.25) is 0 Å². The molecule has 1 N–H and O–H groups in total. The van der Waals surface area contributed by atoms with E-state index in [4.69, 9.17) is 0 Å². The Bertz CT molecular complexity index is 510. The highest BCUT2D eigenvalue weighted by Gasteiger charge is 2.07. The third kappa shape index (κ3) is 3.42. The summed E-state index contributed by atoms with van der Waals surface area (Å²) in [7, 11) is 0. The van der Waals surface area contributed by atoms with E-state index in [2.05, 4.69) is 89.6 Å². The van der Waals surface area contributed by atoms with Crippen molar-refractivity contribution in [1.29, 1.82) is 0 Å². The molecule has 0 radical (unpaired) electrons. The smallest absolute Gasteiger partial charge is 0.0486 e. The van der Waals surface area contributed by atoms with Crippen LogP contribution in [0.4, 0.5) is 5.69 Å². The molecule has 0 heterocycles. The minimum atomic E-state index is 0.315. The number of hydrogen-bond acceptors (Lipinski definition) is 2. The highest BCUT2D eigenvalue weighted by atomic mass is 127. The Kier molecular flexibility index (Phi) is 4.95. The third-order valence-electron chi connectivity index (χ3n) is 2.85. The van der Waals surface area contributed by atoms with Gasteiger partial charge in [-0.05, 0) is 65.6 Å². The van der Waals surface area contributed by atoms with E-state index in [-0.39, 0.29) is 0 Å². The molecule has 94 valence electrons. The van der Waals surface area contributed by atoms with Gasteiger partial charge in [-0.15, -0.1) is 11.8 Å². The van der Waals surface area contributed by atoms with E-state index in [1.54, 1.807) is 11.8 Å². The summed E-state index contributed by atoms with van der Waals surface area (Å²) in [4.78, 5) is 1.29. The van der Waals surface area contributed by atoms with E-state index in [0.29, 0.717) is 6.04 Å². The van der Waals surface area contributed by atoms with Crippen LogP contribution in [0.25, 0.3) is 0 Å². The van der Waals surface area contributed by atoms with Crippen molar-refractivity contribution in [3.8, 4) is 0 Å². The van der Waals surface area contributed by atoms with Crippen LogP contribution in [0.1, 0.15) is 18.5 Å². The molecular weight excluding hydrogens is 353 g/mol. The van der Waals surface area contributed by atoms with Crippen LogP contribution in [-0.2, 0) is 0 Å². The Morgan fingerprint density at radius 2 is 1.72 bits per heavy atom. The standard InChI is InChI=1S/C15H16INS/c1-11(12-7-9-13(16)10-8-12)17-14-5-3-4-6-15(14)18-2/h3-11,17H,1-2H3. The monoisotopic (exact) mass is 369 g/mol. The van der Waals surface area contributed by atoms with Gasteiger partial charge in [-0.1, -0.05) is 24.3 Å². The van der Waals surface area contributed by atoms with E-state index in [1.807, 2.05) is 0 Å². The second-order valence-electron chi connectivity index (χ2n) is 4.12. The van der Waals surface area contributed by atoms with Crippen LogP contribution in [0.15, 0.2) is 53.4 Å². The van der Waals surface area contributed by atoms with Crippen molar-refractivity contribution in [3.63, 3.8) is 0 Å². The van der Waals surface area contributed by atoms with Crippen molar-refractivity contribution in [2.45, 2.75) is 17.9 Å². The molecule has 2 rings (SSSR count). The number of para-hydroxylation sites is 1. The molecule has 1 nitrogen and oxygen atoms in total. The van der Waals surface area contributed by atoms with Crippen molar-refractivity contribution in [2.75, 3.05) is 11.6 Å². The molecule has 18 heavy (non-hydrogen) atoms. The predicted octanol–water partition coefficient (Wildman–Crippen LogP) is 5.19. The maximum absolute atomic E-state index is 3.57. The first-order chi connectivity index (χ1) is 8.70. The minimum absolute atomic E-state index is 0.315. The fourth-order valence-corrected chi connectivity index (χ4v) is 2.75. The normalized spacial score (nSPS) is 12.2. The number of thioether (sulfide) groups is 1. The van der Waals surface area contributed by atoms with Crippen LogP contribution >= 0.6 is 34.4 Å². The lowest BCUT2D eigenvalue weighted by molar-refractivity contribution is 0.879. The molecule has 0 bridgehead atoms. The Morgan fingerprint density at radius 1 is 1.06 bits per heavy atom. The van der Waals surface area contributed by atoms with Crippen LogP contribution in [-0.4, -0.2) is 6.26 Å². The first-order valence-electron chi connectivity index (χ1n) is 5.85. The zero-order valence-electron chi connectivity index (χ0n) is 10.5. The summed E-state index contributed by atoms with van der Waals surface area (Å²) in [6, 6.07) is 17.4. The van der Waals surface area contributed by atoms with Crippen LogP contribution in [0.2, 0.25) is 0 Å².